The largest absolute Gasteiger partial charge is 0.333 e. The van der Waals surface area contributed by atoms with Gasteiger partial charge in [0.2, 0.25) is 0 Å². The summed E-state index contributed by atoms with van der Waals surface area (Å²) < 4.78 is 2.46. The van der Waals surface area contributed by atoms with E-state index in [1.54, 1.807) is 19.3 Å². The topological polar surface area (TPSA) is 83.4 Å². The Bertz CT molecular complexity index is 1160. The fraction of sp³-hybridized carbons (Fsp3) is 0.176. The minimum atomic E-state index is -0.226. The summed E-state index contributed by atoms with van der Waals surface area (Å²) in [5.74, 6) is 0.225. The van der Waals surface area contributed by atoms with E-state index in [-0.39, 0.29) is 18.0 Å². The number of nitrogens with one attached hydrogen (secondary N) is 1. The molecule has 0 aliphatic rings. The van der Waals surface area contributed by atoms with Crippen LogP contribution in [-0.2, 0) is 6.54 Å². The molecule has 1 amide bonds. The number of pyridine rings is 1. The minimum absolute atomic E-state index is 0.181. The summed E-state index contributed by atoms with van der Waals surface area (Å²) >= 11 is 1.35. The van der Waals surface area contributed by atoms with E-state index in [1.807, 2.05) is 34.9 Å². The number of hydrogen-bond donors (Lipinski definition) is 1. The van der Waals surface area contributed by atoms with Gasteiger partial charge in [-0.15, -0.1) is 11.3 Å². The molecule has 0 unspecified atom stereocenters. The van der Waals surface area contributed by atoms with E-state index in [0.29, 0.717) is 21.7 Å². The molecule has 126 valence electrons. The summed E-state index contributed by atoms with van der Waals surface area (Å²) in [6.07, 6.45) is 1.72. The molecular formula is C17H15N5O2S. The standard InChI is InChI=1S/C17H15N5O2S/c1-10-4-3-5-14-19-12(8-22(10)14)17(24)21(2)9-13-18-11-6-7-25-15(11)16(23)20-13/h3-8H,9H2,1-2H3,(H,18,20,23). The number of aryl methyl sites for hydroxylation is 1. The number of rotatable bonds is 3. The summed E-state index contributed by atoms with van der Waals surface area (Å²) in [4.78, 5) is 37.7. The molecule has 0 fully saturated rings. The number of carbonyl (C=O) groups excluding carboxylic acids is 1. The molecule has 4 heterocycles. The number of aromatic nitrogens is 4. The highest BCUT2D eigenvalue weighted by atomic mass is 32.1. The zero-order valence-electron chi connectivity index (χ0n) is 13.7. The first kappa shape index (κ1) is 15.5. The Labute approximate surface area is 146 Å². The quantitative estimate of drug-likeness (QED) is 0.612. The number of nitrogens with zero attached hydrogens (tertiary/aromatic N) is 4. The number of aromatic amines is 1. The first-order valence-electron chi connectivity index (χ1n) is 7.69. The number of imidazole rings is 1. The van der Waals surface area contributed by atoms with E-state index in [2.05, 4.69) is 15.0 Å². The third kappa shape index (κ3) is 2.70. The molecule has 0 aliphatic heterocycles. The maximum atomic E-state index is 12.7. The van der Waals surface area contributed by atoms with Crippen molar-refractivity contribution in [2.45, 2.75) is 13.5 Å². The molecule has 0 radical (unpaired) electrons. The van der Waals surface area contributed by atoms with Crippen molar-refractivity contribution in [1.29, 1.82) is 0 Å². The summed E-state index contributed by atoms with van der Waals surface area (Å²) in [6, 6.07) is 7.51. The second-order valence-electron chi connectivity index (χ2n) is 5.83. The lowest BCUT2D eigenvalue weighted by Gasteiger charge is -2.14. The predicted molar refractivity (Wildman–Crippen MR) is 96.0 cm³/mol. The van der Waals surface area contributed by atoms with E-state index in [0.717, 1.165) is 11.3 Å². The average molecular weight is 353 g/mol. The van der Waals surface area contributed by atoms with Crippen molar-refractivity contribution in [2.24, 2.45) is 0 Å². The first-order chi connectivity index (χ1) is 12.0. The van der Waals surface area contributed by atoms with Gasteiger partial charge >= 0.3 is 0 Å². The van der Waals surface area contributed by atoms with Crippen LogP contribution in [0.15, 0.2) is 40.6 Å². The van der Waals surface area contributed by atoms with Crippen LogP contribution in [0.25, 0.3) is 15.9 Å². The van der Waals surface area contributed by atoms with Gasteiger partial charge in [-0.1, -0.05) is 6.07 Å². The SMILES string of the molecule is Cc1cccc2nc(C(=O)N(C)Cc3nc4ccsc4c(=O)[nH]3)cn12. The van der Waals surface area contributed by atoms with Gasteiger partial charge in [0.15, 0.2) is 0 Å². The number of fused-ring (bicyclic) bond motifs is 2. The normalized spacial score (nSPS) is 11.3. The van der Waals surface area contributed by atoms with Crippen LogP contribution in [0.4, 0.5) is 0 Å². The van der Waals surface area contributed by atoms with Crippen molar-refractivity contribution < 1.29 is 4.79 Å². The lowest BCUT2D eigenvalue weighted by molar-refractivity contribution is 0.0776. The molecule has 0 aliphatic carbocycles. The Kier molecular flexibility index (Phi) is 3.61. The van der Waals surface area contributed by atoms with Crippen molar-refractivity contribution in [2.75, 3.05) is 7.05 Å². The van der Waals surface area contributed by atoms with Gasteiger partial charge in [-0.05, 0) is 30.5 Å². The van der Waals surface area contributed by atoms with Crippen LogP contribution in [0.2, 0.25) is 0 Å². The second-order valence-corrected chi connectivity index (χ2v) is 6.75. The first-order valence-corrected chi connectivity index (χ1v) is 8.57. The van der Waals surface area contributed by atoms with Crippen LogP contribution in [-0.4, -0.2) is 37.2 Å². The van der Waals surface area contributed by atoms with Crippen LogP contribution in [0.3, 0.4) is 0 Å². The Balaban J connectivity index is 1.62. The Morgan fingerprint density at radius 2 is 2.16 bits per heavy atom. The van der Waals surface area contributed by atoms with Crippen molar-refractivity contribution in [3.8, 4) is 0 Å². The highest BCUT2D eigenvalue weighted by Gasteiger charge is 2.17. The Morgan fingerprint density at radius 1 is 1.32 bits per heavy atom. The van der Waals surface area contributed by atoms with Crippen LogP contribution >= 0.6 is 11.3 Å². The van der Waals surface area contributed by atoms with Crippen molar-refractivity contribution in [3.63, 3.8) is 0 Å². The number of H-pyrrole nitrogens is 1. The molecule has 4 rings (SSSR count). The van der Waals surface area contributed by atoms with Gasteiger partial charge in [0, 0.05) is 18.9 Å². The number of thiophene rings is 1. The van der Waals surface area contributed by atoms with Gasteiger partial charge in [-0.2, -0.15) is 0 Å². The van der Waals surface area contributed by atoms with E-state index in [9.17, 15) is 9.59 Å². The fourth-order valence-electron chi connectivity index (χ4n) is 2.74. The van der Waals surface area contributed by atoms with Crippen LogP contribution in [0.5, 0.6) is 0 Å². The smallest absolute Gasteiger partial charge is 0.274 e. The van der Waals surface area contributed by atoms with Crippen molar-refractivity contribution in [1.82, 2.24) is 24.3 Å². The average Bonchev–Trinajstić information content (AvgIpc) is 3.21. The number of hydrogen-bond acceptors (Lipinski definition) is 5. The molecular weight excluding hydrogens is 338 g/mol. The van der Waals surface area contributed by atoms with E-state index < -0.39 is 0 Å². The maximum Gasteiger partial charge on any atom is 0.274 e. The number of carbonyl (C=O) groups is 1. The third-order valence-corrected chi connectivity index (χ3v) is 4.91. The van der Waals surface area contributed by atoms with Crippen LogP contribution in [0.1, 0.15) is 22.0 Å². The predicted octanol–water partition coefficient (Wildman–Crippen LogP) is 2.21. The molecule has 0 bridgehead atoms. The molecule has 8 heteroatoms. The Hall–Kier alpha value is -3.00. The number of amides is 1. The lowest BCUT2D eigenvalue weighted by Crippen LogP contribution is -2.28. The summed E-state index contributed by atoms with van der Waals surface area (Å²) in [6.45, 7) is 2.16. The van der Waals surface area contributed by atoms with E-state index in [1.165, 1.54) is 16.2 Å². The van der Waals surface area contributed by atoms with Gasteiger partial charge in [-0.25, -0.2) is 9.97 Å². The van der Waals surface area contributed by atoms with Crippen molar-refractivity contribution in [3.05, 3.63) is 63.4 Å². The third-order valence-electron chi connectivity index (χ3n) is 4.01. The molecule has 4 aromatic rings. The molecule has 0 saturated carbocycles. The molecule has 0 saturated heterocycles. The zero-order valence-corrected chi connectivity index (χ0v) is 14.5. The Morgan fingerprint density at radius 3 is 2.96 bits per heavy atom. The van der Waals surface area contributed by atoms with Crippen LogP contribution < -0.4 is 5.56 Å². The fourth-order valence-corrected chi connectivity index (χ4v) is 3.47. The van der Waals surface area contributed by atoms with E-state index in [4.69, 9.17) is 0 Å². The lowest BCUT2D eigenvalue weighted by atomic mass is 10.3. The van der Waals surface area contributed by atoms with Gasteiger partial charge in [-0.3, -0.25) is 9.59 Å². The van der Waals surface area contributed by atoms with Gasteiger partial charge < -0.3 is 14.3 Å². The van der Waals surface area contributed by atoms with Gasteiger partial charge in [0.1, 0.15) is 21.9 Å². The van der Waals surface area contributed by atoms with Crippen molar-refractivity contribution >= 4 is 33.1 Å². The maximum absolute atomic E-state index is 12.7. The van der Waals surface area contributed by atoms with Gasteiger partial charge in [0.05, 0.1) is 12.1 Å². The molecule has 7 nitrogen and oxygen atoms in total. The molecule has 0 spiro atoms. The second kappa shape index (κ2) is 5.82. The minimum Gasteiger partial charge on any atom is -0.333 e. The van der Waals surface area contributed by atoms with Crippen LogP contribution in [0, 0.1) is 6.92 Å². The molecule has 4 aromatic heterocycles. The summed E-state index contributed by atoms with van der Waals surface area (Å²) in [5.41, 5.74) is 2.55. The highest BCUT2D eigenvalue weighted by Crippen LogP contribution is 2.15. The van der Waals surface area contributed by atoms with E-state index >= 15 is 0 Å². The molecule has 1 N–H and O–H groups in total. The molecule has 25 heavy (non-hydrogen) atoms. The summed E-state index contributed by atoms with van der Waals surface area (Å²) in [5, 5.41) is 1.82. The van der Waals surface area contributed by atoms with Gasteiger partial charge in [0.25, 0.3) is 11.5 Å². The highest BCUT2D eigenvalue weighted by molar-refractivity contribution is 7.17. The molecule has 0 atom stereocenters. The summed E-state index contributed by atoms with van der Waals surface area (Å²) in [7, 11) is 1.66. The zero-order chi connectivity index (χ0) is 17.6. The molecule has 0 aromatic carbocycles. The monoisotopic (exact) mass is 353 g/mol.